The zero-order valence-electron chi connectivity index (χ0n) is 10.0. The van der Waals surface area contributed by atoms with Gasteiger partial charge in [-0.2, -0.15) is 0 Å². The largest absolute Gasteiger partial charge is 0.319 e. The molecule has 0 aromatic heterocycles. The normalized spacial score (nSPS) is 11.1. The third-order valence-corrected chi connectivity index (χ3v) is 2.69. The monoisotopic (exact) mass is 203 g/mol. The molecule has 0 fully saturated rings. The van der Waals surface area contributed by atoms with Crippen molar-refractivity contribution in [3.8, 4) is 0 Å². The van der Waals surface area contributed by atoms with E-state index in [2.05, 4.69) is 49.5 Å². The molecule has 0 atom stereocenters. The minimum Gasteiger partial charge on any atom is -0.319 e. The Balaban J connectivity index is 2.53. The molecule has 0 bridgehead atoms. The molecular formula is C14H21N. The molecule has 0 amide bonds. The van der Waals surface area contributed by atoms with Gasteiger partial charge in [0.1, 0.15) is 0 Å². The van der Waals surface area contributed by atoms with Gasteiger partial charge in [0.25, 0.3) is 0 Å². The van der Waals surface area contributed by atoms with Gasteiger partial charge in [-0.25, -0.2) is 0 Å². The van der Waals surface area contributed by atoms with E-state index in [0.717, 1.165) is 19.4 Å². The van der Waals surface area contributed by atoms with E-state index < -0.39 is 0 Å². The van der Waals surface area contributed by atoms with Crippen molar-refractivity contribution in [3.63, 3.8) is 0 Å². The van der Waals surface area contributed by atoms with E-state index in [1.54, 1.807) is 0 Å². The lowest BCUT2D eigenvalue weighted by Gasteiger charge is -2.06. The number of aryl methyl sites for hydroxylation is 2. The number of hydrogen-bond acceptors (Lipinski definition) is 1. The third-order valence-electron chi connectivity index (χ3n) is 2.69. The number of nitrogens with one attached hydrogen (secondary N) is 1. The molecule has 1 aromatic rings. The lowest BCUT2D eigenvalue weighted by molar-refractivity contribution is 0.806. The highest BCUT2D eigenvalue weighted by Gasteiger charge is 1.98. The van der Waals surface area contributed by atoms with Crippen LogP contribution < -0.4 is 5.32 Å². The first kappa shape index (κ1) is 12.0. The van der Waals surface area contributed by atoms with Gasteiger partial charge in [0, 0.05) is 0 Å². The topological polar surface area (TPSA) is 12.0 Å². The molecule has 0 radical (unpaired) electrons. The maximum Gasteiger partial charge on any atom is -0.00173 e. The zero-order valence-corrected chi connectivity index (χ0v) is 10.0. The Morgan fingerprint density at radius 2 is 1.80 bits per heavy atom. The SMILES string of the molecule is CNCC/C=C/Cc1c(C)cccc1C. The quantitative estimate of drug-likeness (QED) is 0.573. The van der Waals surface area contributed by atoms with E-state index >= 15 is 0 Å². The van der Waals surface area contributed by atoms with Crippen LogP contribution >= 0.6 is 0 Å². The Labute approximate surface area is 93.2 Å². The van der Waals surface area contributed by atoms with Crippen LogP contribution in [0.15, 0.2) is 30.4 Å². The van der Waals surface area contributed by atoms with Crippen LogP contribution in [0.1, 0.15) is 23.1 Å². The smallest absolute Gasteiger partial charge is 0.00173 e. The fraction of sp³-hybridized carbons (Fsp3) is 0.429. The summed E-state index contributed by atoms with van der Waals surface area (Å²) >= 11 is 0. The maximum absolute atomic E-state index is 3.14. The fourth-order valence-electron chi connectivity index (χ4n) is 1.72. The van der Waals surface area contributed by atoms with Gasteiger partial charge in [-0.15, -0.1) is 0 Å². The van der Waals surface area contributed by atoms with Crippen LogP contribution in [0.25, 0.3) is 0 Å². The Hall–Kier alpha value is -1.08. The fourth-order valence-corrected chi connectivity index (χ4v) is 1.72. The Morgan fingerprint density at radius 3 is 2.40 bits per heavy atom. The van der Waals surface area contributed by atoms with E-state index in [1.165, 1.54) is 16.7 Å². The molecule has 1 rings (SSSR count). The highest BCUT2D eigenvalue weighted by atomic mass is 14.8. The van der Waals surface area contributed by atoms with Gasteiger partial charge in [-0.3, -0.25) is 0 Å². The van der Waals surface area contributed by atoms with Gasteiger partial charge >= 0.3 is 0 Å². The summed E-state index contributed by atoms with van der Waals surface area (Å²) in [5.74, 6) is 0. The van der Waals surface area contributed by atoms with Gasteiger partial charge in [0.05, 0.1) is 0 Å². The van der Waals surface area contributed by atoms with Gasteiger partial charge in [-0.1, -0.05) is 30.4 Å². The molecule has 0 saturated carbocycles. The third kappa shape index (κ3) is 3.88. The molecule has 1 N–H and O–H groups in total. The van der Waals surface area contributed by atoms with E-state index in [-0.39, 0.29) is 0 Å². The van der Waals surface area contributed by atoms with Crippen LogP contribution in [0.5, 0.6) is 0 Å². The minimum absolute atomic E-state index is 1.06. The summed E-state index contributed by atoms with van der Waals surface area (Å²) in [7, 11) is 1.99. The number of benzene rings is 1. The number of hydrogen-bond donors (Lipinski definition) is 1. The molecule has 1 nitrogen and oxygen atoms in total. The first-order chi connectivity index (χ1) is 7.25. The summed E-state index contributed by atoms with van der Waals surface area (Å²) in [6, 6.07) is 6.49. The van der Waals surface area contributed by atoms with Crippen LogP contribution in [-0.2, 0) is 6.42 Å². The van der Waals surface area contributed by atoms with Crippen molar-refractivity contribution < 1.29 is 0 Å². The predicted molar refractivity (Wildman–Crippen MR) is 67.3 cm³/mol. The van der Waals surface area contributed by atoms with E-state index in [0.29, 0.717) is 0 Å². The van der Waals surface area contributed by atoms with Crippen molar-refractivity contribution >= 4 is 0 Å². The van der Waals surface area contributed by atoms with Crippen molar-refractivity contribution in [1.29, 1.82) is 0 Å². The molecule has 15 heavy (non-hydrogen) atoms. The first-order valence-electron chi connectivity index (χ1n) is 5.60. The van der Waals surface area contributed by atoms with Gasteiger partial charge in [0.15, 0.2) is 0 Å². The Morgan fingerprint density at radius 1 is 1.13 bits per heavy atom. The molecule has 0 heterocycles. The summed E-state index contributed by atoms with van der Waals surface area (Å²) in [5.41, 5.74) is 4.26. The minimum atomic E-state index is 1.06. The molecule has 0 spiro atoms. The predicted octanol–water partition coefficient (Wildman–Crippen LogP) is 3.01. The maximum atomic E-state index is 3.14. The molecule has 1 heteroatoms. The van der Waals surface area contributed by atoms with Crippen molar-refractivity contribution in [3.05, 3.63) is 47.0 Å². The molecular weight excluding hydrogens is 182 g/mol. The number of allylic oxidation sites excluding steroid dienone is 1. The average molecular weight is 203 g/mol. The van der Waals surface area contributed by atoms with E-state index in [4.69, 9.17) is 0 Å². The lowest BCUT2D eigenvalue weighted by atomic mass is 10.00. The van der Waals surface area contributed by atoms with Crippen molar-refractivity contribution in [2.75, 3.05) is 13.6 Å². The molecule has 82 valence electrons. The van der Waals surface area contributed by atoms with Crippen LogP contribution in [-0.4, -0.2) is 13.6 Å². The molecule has 0 aliphatic carbocycles. The lowest BCUT2D eigenvalue weighted by Crippen LogP contribution is -2.05. The van der Waals surface area contributed by atoms with Crippen LogP contribution in [0, 0.1) is 13.8 Å². The van der Waals surface area contributed by atoms with Gasteiger partial charge < -0.3 is 5.32 Å². The highest BCUT2D eigenvalue weighted by molar-refractivity contribution is 5.34. The second kappa shape index (κ2) is 6.41. The van der Waals surface area contributed by atoms with Crippen molar-refractivity contribution in [2.24, 2.45) is 0 Å². The average Bonchev–Trinajstić information content (AvgIpc) is 2.21. The van der Waals surface area contributed by atoms with Crippen molar-refractivity contribution in [2.45, 2.75) is 26.7 Å². The van der Waals surface area contributed by atoms with E-state index in [9.17, 15) is 0 Å². The molecule has 1 aromatic carbocycles. The summed E-state index contributed by atoms with van der Waals surface area (Å²) in [4.78, 5) is 0. The van der Waals surface area contributed by atoms with Crippen LogP contribution in [0.2, 0.25) is 0 Å². The first-order valence-corrected chi connectivity index (χ1v) is 5.60. The molecule has 0 aliphatic heterocycles. The summed E-state index contributed by atoms with van der Waals surface area (Å²) in [6.45, 7) is 5.43. The highest BCUT2D eigenvalue weighted by Crippen LogP contribution is 2.14. The summed E-state index contributed by atoms with van der Waals surface area (Å²) in [5, 5.41) is 3.14. The molecule has 0 aliphatic rings. The van der Waals surface area contributed by atoms with Crippen LogP contribution in [0.3, 0.4) is 0 Å². The van der Waals surface area contributed by atoms with Crippen LogP contribution in [0.4, 0.5) is 0 Å². The standard InChI is InChI=1S/C14H21N/c1-12-8-7-9-13(2)14(12)10-5-4-6-11-15-3/h4-5,7-9,15H,6,10-11H2,1-3H3/b5-4+. The molecule has 0 saturated heterocycles. The number of rotatable bonds is 5. The summed E-state index contributed by atoms with van der Waals surface area (Å²) in [6.07, 6.45) is 6.69. The Bertz CT molecular complexity index is 306. The Kier molecular flexibility index (Phi) is 5.13. The molecule has 0 unspecified atom stereocenters. The summed E-state index contributed by atoms with van der Waals surface area (Å²) < 4.78 is 0. The van der Waals surface area contributed by atoms with Crippen molar-refractivity contribution in [1.82, 2.24) is 5.32 Å². The second-order valence-corrected chi connectivity index (χ2v) is 3.94. The second-order valence-electron chi connectivity index (χ2n) is 3.94. The van der Waals surface area contributed by atoms with E-state index in [1.807, 2.05) is 7.05 Å². The zero-order chi connectivity index (χ0) is 11.1. The van der Waals surface area contributed by atoms with Gasteiger partial charge in [-0.05, 0) is 57.0 Å². The van der Waals surface area contributed by atoms with Gasteiger partial charge in [0.2, 0.25) is 0 Å².